The lowest BCUT2D eigenvalue weighted by atomic mass is 9.98. The Morgan fingerprint density at radius 2 is 1.52 bits per heavy atom. The maximum Gasteiger partial charge on any atom is 0.163 e. The number of halogens is 1. The van der Waals surface area contributed by atoms with Gasteiger partial charge < -0.3 is 0 Å². The van der Waals surface area contributed by atoms with Gasteiger partial charge in [-0.2, -0.15) is 0 Å². The van der Waals surface area contributed by atoms with Crippen LogP contribution in [0.25, 0.3) is 0 Å². The fraction of sp³-hybridized carbons (Fsp3) is 0.526. The number of allylic oxidation sites excluding steroid dienone is 2. The van der Waals surface area contributed by atoms with E-state index >= 15 is 0 Å². The normalized spacial score (nSPS) is 12.1. The lowest BCUT2D eigenvalue weighted by Gasteiger charge is -2.10. The van der Waals surface area contributed by atoms with Crippen LogP contribution < -0.4 is 0 Å². The van der Waals surface area contributed by atoms with Crippen molar-refractivity contribution >= 4 is 17.4 Å². The number of rotatable bonds is 10. The molecule has 0 spiro atoms. The van der Waals surface area contributed by atoms with Gasteiger partial charge >= 0.3 is 0 Å². The molecule has 1 nitrogen and oxygen atoms in total. The number of carbonyl (C=O) groups is 1. The van der Waals surface area contributed by atoms with Crippen molar-refractivity contribution in [2.45, 2.75) is 65.2 Å². The van der Waals surface area contributed by atoms with Crippen LogP contribution in [0.1, 0.15) is 75.6 Å². The highest BCUT2D eigenvalue weighted by Gasteiger charge is 2.10. The van der Waals surface area contributed by atoms with Crippen LogP contribution in [-0.4, -0.2) is 5.78 Å². The second-order valence-electron chi connectivity index (χ2n) is 5.50. The molecule has 0 N–H and O–H groups in total. The van der Waals surface area contributed by atoms with Crippen molar-refractivity contribution in [3.05, 3.63) is 46.5 Å². The zero-order valence-electron chi connectivity index (χ0n) is 13.3. The van der Waals surface area contributed by atoms with E-state index in [4.69, 9.17) is 11.6 Å². The lowest BCUT2D eigenvalue weighted by Crippen LogP contribution is -2.00. The number of Topliss-reactive ketones (excluding diaryl/α,β-unsaturated/α-hetero) is 1. The van der Waals surface area contributed by atoms with Crippen LogP contribution in [0.5, 0.6) is 0 Å². The smallest absolute Gasteiger partial charge is 0.163 e. The third kappa shape index (κ3) is 6.95. The second-order valence-corrected chi connectivity index (χ2v) is 5.96. The van der Waals surface area contributed by atoms with Crippen LogP contribution in [0.15, 0.2) is 40.9 Å². The molecule has 0 atom stereocenters. The molecule has 1 aromatic rings. The summed E-state index contributed by atoms with van der Waals surface area (Å²) in [7, 11) is 0. The van der Waals surface area contributed by atoms with E-state index in [0.29, 0.717) is 6.42 Å². The van der Waals surface area contributed by atoms with Crippen molar-refractivity contribution in [3.8, 4) is 0 Å². The average molecular weight is 307 g/mol. The Morgan fingerprint density at radius 1 is 0.905 bits per heavy atom. The number of benzene rings is 1. The minimum Gasteiger partial charge on any atom is -0.294 e. The molecular formula is C19H27ClO. The molecule has 0 aromatic heterocycles. The third-order valence-corrected chi connectivity index (χ3v) is 4.17. The molecular weight excluding hydrogens is 280 g/mol. The van der Waals surface area contributed by atoms with E-state index in [1.54, 1.807) is 0 Å². The first kappa shape index (κ1) is 18.0. The molecule has 0 aliphatic carbocycles. The third-order valence-electron chi connectivity index (χ3n) is 3.72. The predicted octanol–water partition coefficient (Wildman–Crippen LogP) is 6.52. The van der Waals surface area contributed by atoms with Crippen LogP contribution in [0.2, 0.25) is 0 Å². The predicted molar refractivity (Wildman–Crippen MR) is 91.9 cm³/mol. The van der Waals surface area contributed by atoms with Crippen LogP contribution in [0.4, 0.5) is 0 Å². The largest absolute Gasteiger partial charge is 0.294 e. The van der Waals surface area contributed by atoms with Crippen molar-refractivity contribution in [3.63, 3.8) is 0 Å². The molecule has 0 amide bonds. The maximum absolute atomic E-state index is 12.2. The zero-order valence-corrected chi connectivity index (χ0v) is 14.1. The van der Waals surface area contributed by atoms with Gasteiger partial charge in [0.1, 0.15) is 0 Å². The van der Waals surface area contributed by atoms with Gasteiger partial charge in [0.05, 0.1) is 0 Å². The highest BCUT2D eigenvalue weighted by atomic mass is 35.5. The van der Waals surface area contributed by atoms with E-state index in [0.717, 1.165) is 55.5 Å². The van der Waals surface area contributed by atoms with Crippen molar-refractivity contribution in [2.75, 3.05) is 0 Å². The SMILES string of the molecule is CCCC/C(Cl)=C(\CCCC)CCC(=O)c1ccccc1. The van der Waals surface area contributed by atoms with Crippen molar-refractivity contribution in [1.29, 1.82) is 0 Å². The van der Waals surface area contributed by atoms with Gasteiger partial charge in [0.25, 0.3) is 0 Å². The molecule has 0 saturated carbocycles. The van der Waals surface area contributed by atoms with Gasteiger partial charge in [-0.25, -0.2) is 0 Å². The number of carbonyl (C=O) groups excluding carboxylic acids is 1. The molecule has 0 saturated heterocycles. The topological polar surface area (TPSA) is 17.1 Å². The van der Waals surface area contributed by atoms with E-state index in [2.05, 4.69) is 13.8 Å². The Balaban J connectivity index is 2.62. The average Bonchev–Trinajstić information content (AvgIpc) is 2.53. The first-order chi connectivity index (χ1) is 10.2. The zero-order chi connectivity index (χ0) is 15.5. The molecule has 21 heavy (non-hydrogen) atoms. The van der Waals surface area contributed by atoms with E-state index in [1.807, 2.05) is 30.3 Å². The Morgan fingerprint density at radius 3 is 2.14 bits per heavy atom. The summed E-state index contributed by atoms with van der Waals surface area (Å²) < 4.78 is 0. The van der Waals surface area contributed by atoms with Crippen LogP contribution in [-0.2, 0) is 0 Å². The van der Waals surface area contributed by atoms with Gasteiger partial charge in [0.15, 0.2) is 5.78 Å². The van der Waals surface area contributed by atoms with Crippen molar-refractivity contribution in [1.82, 2.24) is 0 Å². The summed E-state index contributed by atoms with van der Waals surface area (Å²) in [6.07, 6.45) is 7.94. The van der Waals surface area contributed by atoms with Gasteiger partial charge in [-0.15, -0.1) is 0 Å². The molecule has 1 rings (SSSR count). The molecule has 0 heterocycles. The Bertz CT molecular complexity index is 448. The van der Waals surface area contributed by atoms with Crippen molar-refractivity contribution < 1.29 is 4.79 Å². The van der Waals surface area contributed by atoms with Gasteiger partial charge in [0, 0.05) is 17.0 Å². The summed E-state index contributed by atoms with van der Waals surface area (Å²) in [6, 6.07) is 9.53. The highest BCUT2D eigenvalue weighted by Crippen LogP contribution is 2.25. The molecule has 0 aliphatic rings. The van der Waals surface area contributed by atoms with E-state index in [-0.39, 0.29) is 5.78 Å². The standard InChI is InChI=1S/C19H27ClO/c1-3-5-10-16(18(20)13-6-4-2)14-15-19(21)17-11-8-7-9-12-17/h7-9,11-12H,3-6,10,13-15H2,1-2H3/b18-16-. The number of ketones is 1. The highest BCUT2D eigenvalue weighted by molar-refractivity contribution is 6.29. The molecule has 0 fully saturated rings. The van der Waals surface area contributed by atoms with Crippen LogP contribution in [0, 0.1) is 0 Å². The number of hydrogen-bond acceptors (Lipinski definition) is 1. The molecule has 0 unspecified atom stereocenters. The fourth-order valence-corrected chi connectivity index (χ4v) is 2.65. The Labute approximate surface area is 134 Å². The molecule has 116 valence electrons. The quantitative estimate of drug-likeness (QED) is 0.449. The summed E-state index contributed by atoms with van der Waals surface area (Å²) in [5.41, 5.74) is 2.09. The summed E-state index contributed by atoms with van der Waals surface area (Å²) in [5.74, 6) is 0.213. The van der Waals surface area contributed by atoms with Crippen LogP contribution in [0.3, 0.4) is 0 Å². The first-order valence-electron chi connectivity index (χ1n) is 8.13. The fourth-order valence-electron chi connectivity index (χ4n) is 2.33. The summed E-state index contributed by atoms with van der Waals surface area (Å²) in [6.45, 7) is 4.36. The summed E-state index contributed by atoms with van der Waals surface area (Å²) in [4.78, 5) is 12.2. The summed E-state index contributed by atoms with van der Waals surface area (Å²) in [5, 5.41) is 0.992. The molecule has 2 heteroatoms. The second kappa shape index (κ2) is 10.6. The van der Waals surface area contributed by atoms with Gasteiger partial charge in [-0.3, -0.25) is 4.79 Å². The number of hydrogen-bond donors (Lipinski definition) is 0. The van der Waals surface area contributed by atoms with Crippen LogP contribution >= 0.6 is 11.6 Å². The van der Waals surface area contributed by atoms with E-state index in [9.17, 15) is 4.79 Å². The van der Waals surface area contributed by atoms with E-state index < -0.39 is 0 Å². The monoisotopic (exact) mass is 306 g/mol. The molecule has 0 aliphatic heterocycles. The number of unbranched alkanes of at least 4 members (excludes halogenated alkanes) is 2. The van der Waals surface area contributed by atoms with Crippen molar-refractivity contribution in [2.24, 2.45) is 0 Å². The minimum atomic E-state index is 0.213. The summed E-state index contributed by atoms with van der Waals surface area (Å²) >= 11 is 6.46. The van der Waals surface area contributed by atoms with Gasteiger partial charge in [-0.1, -0.05) is 74.2 Å². The maximum atomic E-state index is 12.2. The first-order valence-corrected chi connectivity index (χ1v) is 8.51. The molecule has 1 aromatic carbocycles. The van der Waals surface area contributed by atoms with Gasteiger partial charge in [0.2, 0.25) is 0 Å². The Kier molecular flexibility index (Phi) is 9.09. The molecule has 0 radical (unpaired) electrons. The van der Waals surface area contributed by atoms with E-state index in [1.165, 1.54) is 5.57 Å². The lowest BCUT2D eigenvalue weighted by molar-refractivity contribution is 0.0982. The Hall–Kier alpha value is -1.08. The minimum absolute atomic E-state index is 0.213. The molecule has 0 bridgehead atoms. The van der Waals surface area contributed by atoms with Gasteiger partial charge in [-0.05, 0) is 32.1 Å².